The molecule has 0 unspecified atom stereocenters. The van der Waals surface area contributed by atoms with Crippen molar-refractivity contribution in [3.63, 3.8) is 0 Å². The van der Waals surface area contributed by atoms with Crippen LogP contribution in [0.15, 0.2) is 66.0 Å². The Balaban J connectivity index is 1.56. The van der Waals surface area contributed by atoms with E-state index in [2.05, 4.69) is 20.0 Å². The lowest BCUT2D eigenvalue weighted by atomic mass is 10.1. The third kappa shape index (κ3) is 4.04. The summed E-state index contributed by atoms with van der Waals surface area (Å²) in [6.45, 7) is 3.68. The molecular weight excluding hydrogens is 400 g/mol. The molecule has 8 heteroatoms. The van der Waals surface area contributed by atoms with E-state index in [4.69, 9.17) is 0 Å². The van der Waals surface area contributed by atoms with Crippen LogP contribution >= 0.6 is 0 Å². The lowest BCUT2D eigenvalue weighted by Crippen LogP contribution is -2.35. The minimum absolute atomic E-state index is 0.168. The van der Waals surface area contributed by atoms with E-state index in [0.29, 0.717) is 11.3 Å². The lowest BCUT2D eigenvalue weighted by Gasteiger charge is -2.17. The summed E-state index contributed by atoms with van der Waals surface area (Å²) in [5.74, 6) is -0.283. The van der Waals surface area contributed by atoms with Crippen LogP contribution in [-0.2, 0) is 15.6 Å². The van der Waals surface area contributed by atoms with Crippen molar-refractivity contribution in [1.29, 1.82) is 0 Å². The number of hydrogen-bond acceptors (Lipinski definition) is 5. The number of aromatic nitrogens is 2. The van der Waals surface area contributed by atoms with Crippen LogP contribution in [0.25, 0.3) is 0 Å². The average molecular weight is 423 g/mol. The Labute approximate surface area is 175 Å². The fourth-order valence-corrected chi connectivity index (χ4v) is 4.32. The number of rotatable bonds is 6. The van der Waals surface area contributed by atoms with E-state index in [9.17, 15) is 13.2 Å². The Hall–Kier alpha value is -3.26. The monoisotopic (exact) mass is 422 g/mol. The van der Waals surface area contributed by atoms with Crippen LogP contribution < -0.4 is 10.0 Å². The first-order chi connectivity index (χ1) is 14.3. The second-order valence-corrected chi connectivity index (χ2v) is 9.26. The molecule has 154 valence electrons. The van der Waals surface area contributed by atoms with Gasteiger partial charge in [-0.2, -0.15) is 0 Å². The third-order valence-corrected chi connectivity index (χ3v) is 6.61. The van der Waals surface area contributed by atoms with Gasteiger partial charge in [0, 0.05) is 18.0 Å². The average Bonchev–Trinajstić information content (AvgIpc) is 3.51. The summed E-state index contributed by atoms with van der Waals surface area (Å²) in [4.78, 5) is 21.4. The van der Waals surface area contributed by atoms with Crippen molar-refractivity contribution < 1.29 is 13.2 Å². The second kappa shape index (κ2) is 7.53. The molecule has 1 aliphatic rings. The molecule has 4 rings (SSSR count). The van der Waals surface area contributed by atoms with Gasteiger partial charge in [0.2, 0.25) is 0 Å². The number of hydrogen-bond donors (Lipinski definition) is 2. The largest absolute Gasteiger partial charge is 0.341 e. The minimum atomic E-state index is -3.76. The molecule has 2 aromatic carbocycles. The SMILES string of the molecule is Cc1ccc(S(=O)(=O)Nc2cc(C(=O)NC3(c4cnccn4)CC3)ccc2C)cc1. The highest BCUT2D eigenvalue weighted by Crippen LogP contribution is 2.44. The van der Waals surface area contributed by atoms with Gasteiger partial charge in [0.15, 0.2) is 0 Å². The van der Waals surface area contributed by atoms with Crippen molar-refractivity contribution in [2.75, 3.05) is 4.72 Å². The Bertz CT molecular complexity index is 1190. The molecule has 3 aromatic rings. The number of carbonyl (C=O) groups is 1. The predicted octanol–water partition coefficient (Wildman–Crippen LogP) is 3.31. The summed E-state index contributed by atoms with van der Waals surface area (Å²) in [5.41, 5.74) is 2.66. The molecule has 30 heavy (non-hydrogen) atoms. The van der Waals surface area contributed by atoms with E-state index in [1.54, 1.807) is 68.0 Å². The maximum Gasteiger partial charge on any atom is 0.261 e. The molecule has 0 aliphatic heterocycles. The molecule has 1 amide bonds. The molecule has 0 radical (unpaired) electrons. The van der Waals surface area contributed by atoms with Gasteiger partial charge in [0.1, 0.15) is 0 Å². The topological polar surface area (TPSA) is 101 Å². The molecule has 0 bridgehead atoms. The lowest BCUT2D eigenvalue weighted by molar-refractivity contribution is 0.0929. The summed E-state index contributed by atoms with van der Waals surface area (Å²) in [6.07, 6.45) is 6.43. The fourth-order valence-electron chi connectivity index (χ4n) is 3.20. The maximum absolute atomic E-state index is 12.9. The Morgan fingerprint density at radius 1 is 1.03 bits per heavy atom. The van der Waals surface area contributed by atoms with Crippen LogP contribution in [0, 0.1) is 13.8 Å². The van der Waals surface area contributed by atoms with Gasteiger partial charge in [-0.05, 0) is 56.5 Å². The zero-order chi connectivity index (χ0) is 21.4. The van der Waals surface area contributed by atoms with Gasteiger partial charge in [0.05, 0.1) is 28.0 Å². The molecule has 1 aromatic heterocycles. The van der Waals surface area contributed by atoms with Crippen LogP contribution in [0.1, 0.15) is 40.0 Å². The van der Waals surface area contributed by atoms with Crippen LogP contribution in [-0.4, -0.2) is 24.3 Å². The Morgan fingerprint density at radius 2 is 1.77 bits per heavy atom. The highest BCUT2D eigenvalue weighted by atomic mass is 32.2. The van der Waals surface area contributed by atoms with E-state index in [-0.39, 0.29) is 10.8 Å². The molecule has 2 N–H and O–H groups in total. The number of sulfonamides is 1. The highest BCUT2D eigenvalue weighted by Gasteiger charge is 2.47. The standard InChI is InChI=1S/C22H22N4O3S/c1-15-3-7-18(8-4-15)30(28,29)26-19-13-17(6-5-16(19)2)21(27)25-22(9-10-22)20-14-23-11-12-24-20/h3-8,11-14,26H,9-10H2,1-2H3,(H,25,27). The van der Waals surface area contributed by atoms with Crippen molar-refractivity contribution in [1.82, 2.24) is 15.3 Å². The number of amides is 1. The smallest absolute Gasteiger partial charge is 0.261 e. The van der Waals surface area contributed by atoms with Crippen LogP contribution in [0.4, 0.5) is 5.69 Å². The quantitative estimate of drug-likeness (QED) is 0.635. The molecule has 0 atom stereocenters. The molecule has 1 fully saturated rings. The van der Waals surface area contributed by atoms with Crippen LogP contribution in [0.3, 0.4) is 0 Å². The molecule has 1 aliphatic carbocycles. The van der Waals surface area contributed by atoms with Crippen molar-refractivity contribution in [3.05, 3.63) is 83.4 Å². The van der Waals surface area contributed by atoms with Crippen LogP contribution in [0.2, 0.25) is 0 Å². The van der Waals surface area contributed by atoms with Crippen molar-refractivity contribution in [2.24, 2.45) is 0 Å². The van der Waals surface area contributed by atoms with Gasteiger partial charge in [-0.3, -0.25) is 19.5 Å². The van der Waals surface area contributed by atoms with Gasteiger partial charge in [-0.25, -0.2) is 8.42 Å². The summed E-state index contributed by atoms with van der Waals surface area (Å²) < 4.78 is 28.1. The number of carbonyl (C=O) groups excluding carboxylic acids is 1. The van der Waals surface area contributed by atoms with E-state index in [1.165, 1.54) is 0 Å². The number of anilines is 1. The third-order valence-electron chi connectivity index (χ3n) is 5.23. The first-order valence-corrected chi connectivity index (χ1v) is 11.1. The Kier molecular flexibility index (Phi) is 5.03. The number of nitrogens with zero attached hydrogens (tertiary/aromatic N) is 2. The minimum Gasteiger partial charge on any atom is -0.341 e. The van der Waals surface area contributed by atoms with Crippen LogP contribution in [0.5, 0.6) is 0 Å². The number of nitrogens with one attached hydrogen (secondary N) is 2. The molecule has 1 saturated carbocycles. The molecule has 7 nitrogen and oxygen atoms in total. The van der Waals surface area contributed by atoms with E-state index in [0.717, 1.165) is 29.7 Å². The van der Waals surface area contributed by atoms with E-state index >= 15 is 0 Å². The molecule has 0 spiro atoms. The molecule has 0 saturated heterocycles. The van der Waals surface area contributed by atoms with Gasteiger partial charge in [-0.1, -0.05) is 23.8 Å². The summed E-state index contributed by atoms with van der Waals surface area (Å²) >= 11 is 0. The highest BCUT2D eigenvalue weighted by molar-refractivity contribution is 7.92. The fraction of sp³-hybridized carbons (Fsp3) is 0.227. The zero-order valence-electron chi connectivity index (χ0n) is 16.7. The summed E-state index contributed by atoms with van der Waals surface area (Å²) in [7, 11) is -3.76. The van der Waals surface area contributed by atoms with E-state index < -0.39 is 15.6 Å². The van der Waals surface area contributed by atoms with Crippen molar-refractivity contribution >= 4 is 21.6 Å². The van der Waals surface area contributed by atoms with Gasteiger partial charge in [0.25, 0.3) is 15.9 Å². The van der Waals surface area contributed by atoms with E-state index in [1.807, 2.05) is 6.92 Å². The van der Waals surface area contributed by atoms with Gasteiger partial charge in [-0.15, -0.1) is 0 Å². The van der Waals surface area contributed by atoms with Gasteiger partial charge < -0.3 is 5.32 Å². The Morgan fingerprint density at radius 3 is 2.40 bits per heavy atom. The maximum atomic E-state index is 12.9. The normalized spacial score (nSPS) is 14.7. The summed E-state index contributed by atoms with van der Waals surface area (Å²) in [5, 5.41) is 3.03. The first kappa shape index (κ1) is 20.0. The number of aryl methyl sites for hydroxylation is 2. The second-order valence-electron chi connectivity index (χ2n) is 7.58. The number of benzene rings is 2. The van der Waals surface area contributed by atoms with Gasteiger partial charge >= 0.3 is 0 Å². The molecule has 1 heterocycles. The predicted molar refractivity (Wildman–Crippen MR) is 114 cm³/mol. The zero-order valence-corrected chi connectivity index (χ0v) is 17.5. The first-order valence-electron chi connectivity index (χ1n) is 9.58. The van der Waals surface area contributed by atoms with Crippen molar-refractivity contribution in [2.45, 2.75) is 37.1 Å². The molecular formula is C22H22N4O3S. The summed E-state index contributed by atoms with van der Waals surface area (Å²) in [6, 6.07) is 11.6. The van der Waals surface area contributed by atoms with Crippen molar-refractivity contribution in [3.8, 4) is 0 Å².